The standard InChI is InChI=1S/C38H35Cl2NO4/c1-2-3-4-5-25-6-8-26(9-7-25)27-10-12-28(13-11-27)29-14-16-30(17-15-29)37(42)44-33-20-21-34(36(40)23-33)38(43)45-32-19-18-31(24-41)35(39)22-32/h10-23,25-26H,2-9H2,1H3. The Balaban J connectivity index is 1.15. The van der Waals surface area contributed by atoms with Gasteiger partial charge in [-0.2, -0.15) is 5.26 Å². The number of carbonyl (C=O) groups is 2. The molecular weight excluding hydrogens is 605 g/mol. The largest absolute Gasteiger partial charge is 0.423 e. The normalized spacial score (nSPS) is 16.0. The molecule has 230 valence electrons. The van der Waals surface area contributed by atoms with Crippen LogP contribution in [0.1, 0.15) is 96.1 Å². The molecule has 1 saturated carbocycles. The van der Waals surface area contributed by atoms with E-state index in [-0.39, 0.29) is 32.7 Å². The van der Waals surface area contributed by atoms with Gasteiger partial charge in [0.15, 0.2) is 0 Å². The van der Waals surface area contributed by atoms with Gasteiger partial charge in [0, 0.05) is 12.1 Å². The van der Waals surface area contributed by atoms with Crippen LogP contribution in [0.25, 0.3) is 11.1 Å². The second-order valence-corrected chi connectivity index (χ2v) is 12.4. The van der Waals surface area contributed by atoms with Gasteiger partial charge in [-0.05, 0) is 90.6 Å². The molecule has 45 heavy (non-hydrogen) atoms. The van der Waals surface area contributed by atoms with E-state index in [0.717, 1.165) is 17.0 Å². The summed E-state index contributed by atoms with van der Waals surface area (Å²) in [6, 6.07) is 26.7. The van der Waals surface area contributed by atoms with Gasteiger partial charge in [-0.25, -0.2) is 9.59 Å². The molecule has 0 aromatic heterocycles. The third-order valence-corrected chi connectivity index (χ3v) is 9.17. The maximum Gasteiger partial charge on any atom is 0.345 e. The van der Waals surface area contributed by atoms with E-state index < -0.39 is 11.9 Å². The number of halogens is 2. The van der Waals surface area contributed by atoms with Crippen molar-refractivity contribution in [2.75, 3.05) is 0 Å². The van der Waals surface area contributed by atoms with Crippen LogP contribution in [0.3, 0.4) is 0 Å². The SMILES string of the molecule is CCCCCC1CCC(c2ccc(-c3ccc(C(=O)Oc4ccc(C(=O)Oc5ccc(C#N)c(Cl)c5)c(Cl)c4)cc3)cc2)CC1. The van der Waals surface area contributed by atoms with E-state index in [1.165, 1.54) is 93.3 Å². The Morgan fingerprint density at radius 1 is 0.756 bits per heavy atom. The molecule has 0 radical (unpaired) electrons. The quantitative estimate of drug-likeness (QED) is 0.0979. The van der Waals surface area contributed by atoms with Gasteiger partial charge in [0.25, 0.3) is 0 Å². The van der Waals surface area contributed by atoms with Gasteiger partial charge in [-0.3, -0.25) is 0 Å². The van der Waals surface area contributed by atoms with E-state index in [0.29, 0.717) is 11.5 Å². The summed E-state index contributed by atoms with van der Waals surface area (Å²) < 4.78 is 10.8. The van der Waals surface area contributed by atoms with E-state index in [1.54, 1.807) is 12.1 Å². The smallest absolute Gasteiger partial charge is 0.345 e. The van der Waals surface area contributed by atoms with Gasteiger partial charge < -0.3 is 9.47 Å². The predicted octanol–water partition coefficient (Wildman–Crippen LogP) is 10.8. The predicted molar refractivity (Wildman–Crippen MR) is 178 cm³/mol. The molecule has 0 spiro atoms. The molecule has 1 fully saturated rings. The fourth-order valence-electron chi connectivity index (χ4n) is 5.92. The van der Waals surface area contributed by atoms with Gasteiger partial charge in [0.1, 0.15) is 17.6 Å². The molecule has 0 bridgehead atoms. The maximum atomic E-state index is 12.8. The molecule has 1 aliphatic rings. The molecule has 0 N–H and O–H groups in total. The van der Waals surface area contributed by atoms with E-state index >= 15 is 0 Å². The number of esters is 2. The minimum Gasteiger partial charge on any atom is -0.423 e. The number of hydrogen-bond acceptors (Lipinski definition) is 5. The lowest BCUT2D eigenvalue weighted by atomic mass is 9.77. The summed E-state index contributed by atoms with van der Waals surface area (Å²) in [7, 11) is 0. The number of unbranched alkanes of at least 4 members (excludes halogenated alkanes) is 2. The van der Waals surface area contributed by atoms with E-state index in [9.17, 15) is 9.59 Å². The highest BCUT2D eigenvalue weighted by atomic mass is 35.5. The Bertz CT molecular complexity index is 1680. The fourth-order valence-corrected chi connectivity index (χ4v) is 6.38. The summed E-state index contributed by atoms with van der Waals surface area (Å²) in [5.74, 6) is 0.656. The minimum absolute atomic E-state index is 0.0591. The Hall–Kier alpha value is -4.11. The van der Waals surface area contributed by atoms with E-state index in [1.807, 2.05) is 18.2 Å². The van der Waals surface area contributed by atoms with E-state index in [2.05, 4.69) is 31.2 Å². The lowest BCUT2D eigenvalue weighted by Crippen LogP contribution is -2.13. The van der Waals surface area contributed by atoms with Gasteiger partial charge in [0.05, 0.1) is 26.7 Å². The summed E-state index contributed by atoms with van der Waals surface area (Å²) in [6.45, 7) is 2.27. The zero-order chi connectivity index (χ0) is 31.8. The molecule has 0 heterocycles. The van der Waals surface area contributed by atoms with Crippen LogP contribution in [0, 0.1) is 17.2 Å². The van der Waals surface area contributed by atoms with Crippen LogP contribution in [0.4, 0.5) is 0 Å². The lowest BCUT2D eigenvalue weighted by Gasteiger charge is -2.29. The van der Waals surface area contributed by atoms with Crippen LogP contribution < -0.4 is 9.47 Å². The highest BCUT2D eigenvalue weighted by Crippen LogP contribution is 2.38. The molecule has 4 aromatic carbocycles. The number of nitriles is 1. The first-order valence-electron chi connectivity index (χ1n) is 15.5. The number of hydrogen-bond donors (Lipinski definition) is 0. The van der Waals surface area contributed by atoms with Crippen molar-refractivity contribution in [2.24, 2.45) is 5.92 Å². The van der Waals surface area contributed by atoms with Gasteiger partial charge in [-0.15, -0.1) is 0 Å². The first-order chi connectivity index (χ1) is 21.8. The molecular formula is C38H35Cl2NO4. The zero-order valence-corrected chi connectivity index (χ0v) is 26.7. The third kappa shape index (κ3) is 8.34. The van der Waals surface area contributed by atoms with Crippen LogP contribution in [0.5, 0.6) is 11.5 Å². The summed E-state index contributed by atoms with van der Waals surface area (Å²) in [5.41, 5.74) is 4.29. The van der Waals surface area contributed by atoms with Crippen molar-refractivity contribution in [3.63, 3.8) is 0 Å². The van der Waals surface area contributed by atoms with E-state index in [4.69, 9.17) is 37.9 Å². The van der Waals surface area contributed by atoms with Crippen LogP contribution >= 0.6 is 23.2 Å². The van der Waals surface area contributed by atoms with Crippen molar-refractivity contribution in [1.29, 1.82) is 5.26 Å². The Kier molecular flexibility index (Phi) is 10.9. The summed E-state index contributed by atoms with van der Waals surface area (Å²) in [6.07, 6.45) is 10.6. The molecule has 0 aliphatic heterocycles. The maximum absolute atomic E-state index is 12.8. The molecule has 4 aromatic rings. The van der Waals surface area contributed by atoms with Crippen molar-refractivity contribution in [3.8, 4) is 28.7 Å². The number of ether oxygens (including phenoxy) is 2. The lowest BCUT2D eigenvalue weighted by molar-refractivity contribution is 0.0730. The van der Waals surface area contributed by atoms with Gasteiger partial charge >= 0.3 is 11.9 Å². The average molecular weight is 641 g/mol. The van der Waals surface area contributed by atoms with Crippen LogP contribution in [0.15, 0.2) is 84.9 Å². The first kappa shape index (κ1) is 32.3. The topological polar surface area (TPSA) is 76.4 Å². The summed E-state index contributed by atoms with van der Waals surface area (Å²) in [4.78, 5) is 25.5. The first-order valence-corrected chi connectivity index (χ1v) is 16.2. The summed E-state index contributed by atoms with van der Waals surface area (Å²) >= 11 is 12.3. The molecule has 0 amide bonds. The number of rotatable bonds is 10. The van der Waals surface area contributed by atoms with Crippen LogP contribution in [-0.4, -0.2) is 11.9 Å². The average Bonchev–Trinajstić information content (AvgIpc) is 3.05. The van der Waals surface area contributed by atoms with Crippen molar-refractivity contribution >= 4 is 35.1 Å². The third-order valence-electron chi connectivity index (χ3n) is 8.54. The molecule has 5 rings (SSSR count). The number of carbonyl (C=O) groups excluding carboxylic acids is 2. The Morgan fingerprint density at radius 3 is 1.96 bits per heavy atom. The molecule has 7 heteroatoms. The van der Waals surface area contributed by atoms with Gasteiger partial charge in [0.2, 0.25) is 0 Å². The van der Waals surface area contributed by atoms with Gasteiger partial charge in [-0.1, -0.05) is 92.2 Å². The van der Waals surface area contributed by atoms with Crippen molar-refractivity contribution in [1.82, 2.24) is 0 Å². The highest BCUT2D eigenvalue weighted by Gasteiger charge is 2.22. The fraction of sp³-hybridized carbons (Fsp3) is 0.289. The van der Waals surface area contributed by atoms with Crippen molar-refractivity contribution in [3.05, 3.63) is 117 Å². The highest BCUT2D eigenvalue weighted by molar-refractivity contribution is 6.34. The van der Waals surface area contributed by atoms with Crippen LogP contribution in [0.2, 0.25) is 10.0 Å². The number of nitrogens with zero attached hydrogens (tertiary/aromatic N) is 1. The second-order valence-electron chi connectivity index (χ2n) is 11.6. The molecule has 0 saturated heterocycles. The van der Waals surface area contributed by atoms with Crippen molar-refractivity contribution < 1.29 is 19.1 Å². The molecule has 0 atom stereocenters. The molecule has 5 nitrogen and oxygen atoms in total. The monoisotopic (exact) mass is 639 g/mol. The zero-order valence-electron chi connectivity index (χ0n) is 25.2. The van der Waals surface area contributed by atoms with Crippen LogP contribution in [-0.2, 0) is 0 Å². The molecule has 1 aliphatic carbocycles. The molecule has 0 unspecified atom stereocenters. The minimum atomic E-state index is -0.715. The Labute approximate surface area is 274 Å². The Morgan fingerprint density at radius 2 is 1.36 bits per heavy atom. The van der Waals surface area contributed by atoms with Crippen molar-refractivity contribution in [2.45, 2.75) is 64.2 Å². The number of benzene rings is 4. The second kappa shape index (κ2) is 15.3. The summed E-state index contributed by atoms with van der Waals surface area (Å²) in [5, 5.41) is 9.23.